The quantitative estimate of drug-likeness (QED) is 0.302. The molecule has 8 heteroatoms. The maximum Gasteiger partial charge on any atom is 0.245 e. The summed E-state index contributed by atoms with van der Waals surface area (Å²) in [6, 6.07) is 18.8. The van der Waals surface area contributed by atoms with Crippen molar-refractivity contribution in [1.29, 1.82) is 0 Å². The zero-order chi connectivity index (χ0) is 29.6. The third-order valence-electron chi connectivity index (χ3n) is 10.6. The second-order valence-corrected chi connectivity index (χ2v) is 13.7. The van der Waals surface area contributed by atoms with Gasteiger partial charge in [0.15, 0.2) is 0 Å². The molecule has 0 bridgehead atoms. The summed E-state index contributed by atoms with van der Waals surface area (Å²) in [7, 11) is 0. The number of likely N-dealkylation sites (tertiary alicyclic amines) is 1. The molecular weight excluding hydrogens is 556 g/mol. The lowest BCUT2D eigenvalue weighted by Crippen LogP contribution is -2.57. The van der Waals surface area contributed by atoms with Gasteiger partial charge in [0.2, 0.25) is 5.91 Å². The van der Waals surface area contributed by atoms with Crippen LogP contribution in [0.25, 0.3) is 0 Å². The average Bonchev–Trinajstić information content (AvgIpc) is 3.56. The Kier molecular flexibility index (Phi) is 9.68. The van der Waals surface area contributed by atoms with Crippen LogP contribution < -0.4 is 10.6 Å². The van der Waals surface area contributed by atoms with Crippen molar-refractivity contribution in [2.75, 3.05) is 18.0 Å². The Hall–Kier alpha value is -2.90. The summed E-state index contributed by atoms with van der Waals surface area (Å²) in [5, 5.41) is 5.22. The van der Waals surface area contributed by atoms with Gasteiger partial charge in [0.25, 0.3) is 0 Å². The van der Waals surface area contributed by atoms with Crippen LogP contribution in [0.1, 0.15) is 76.2 Å². The second-order valence-electron chi connectivity index (χ2n) is 13.3. The van der Waals surface area contributed by atoms with Gasteiger partial charge in [0, 0.05) is 48.8 Å². The molecule has 1 saturated heterocycles. The van der Waals surface area contributed by atoms with Crippen LogP contribution in [0.15, 0.2) is 67.3 Å². The van der Waals surface area contributed by atoms with E-state index >= 15 is 0 Å². The van der Waals surface area contributed by atoms with Crippen molar-refractivity contribution >= 4 is 23.2 Å². The molecule has 1 amide bonds. The van der Waals surface area contributed by atoms with Crippen molar-refractivity contribution in [1.82, 2.24) is 19.7 Å². The summed E-state index contributed by atoms with van der Waals surface area (Å²) < 4.78 is 2.03. The minimum Gasteiger partial charge on any atom is -0.356 e. The number of rotatable bonds is 9. The Labute approximate surface area is 261 Å². The predicted octanol–water partition coefficient (Wildman–Crippen LogP) is 6.51. The molecule has 2 heterocycles. The van der Waals surface area contributed by atoms with Gasteiger partial charge in [-0.05, 0) is 92.5 Å². The van der Waals surface area contributed by atoms with Gasteiger partial charge >= 0.3 is 0 Å². The SMILES string of the molecule is NC1CCC(N(c2ccccc2)[C@H](Cc2ccc(Cl)cc2)C(=O)N2CCC(Cn3cncn3)(C3CCCCC3)CC2)CC1. The molecule has 3 fully saturated rings. The number of nitrogens with zero attached hydrogens (tertiary/aromatic N) is 5. The van der Waals surface area contributed by atoms with E-state index < -0.39 is 0 Å². The Balaban J connectivity index is 1.28. The Morgan fingerprint density at radius 1 is 0.953 bits per heavy atom. The molecule has 3 aliphatic rings. The molecule has 3 aromatic rings. The van der Waals surface area contributed by atoms with E-state index in [1.54, 1.807) is 6.33 Å². The van der Waals surface area contributed by atoms with Gasteiger partial charge in [-0.25, -0.2) is 4.98 Å². The third-order valence-corrected chi connectivity index (χ3v) is 10.9. The molecule has 2 aromatic carbocycles. The van der Waals surface area contributed by atoms with Gasteiger partial charge in [0.05, 0.1) is 0 Å². The first-order valence-electron chi connectivity index (χ1n) is 16.5. The maximum atomic E-state index is 14.8. The topological polar surface area (TPSA) is 80.3 Å². The van der Waals surface area contributed by atoms with Crippen LogP contribution in [0.3, 0.4) is 0 Å². The summed E-state index contributed by atoms with van der Waals surface area (Å²) in [6.45, 7) is 2.48. The van der Waals surface area contributed by atoms with E-state index in [1.165, 1.54) is 32.1 Å². The van der Waals surface area contributed by atoms with Gasteiger partial charge in [-0.3, -0.25) is 9.48 Å². The molecule has 2 saturated carbocycles. The Morgan fingerprint density at radius 2 is 1.65 bits per heavy atom. The van der Waals surface area contributed by atoms with Crippen LogP contribution >= 0.6 is 11.6 Å². The molecule has 7 nitrogen and oxygen atoms in total. The first kappa shape index (κ1) is 30.1. The second kappa shape index (κ2) is 13.8. The molecule has 1 aliphatic heterocycles. The lowest BCUT2D eigenvalue weighted by molar-refractivity contribution is -0.136. The minimum absolute atomic E-state index is 0.162. The molecule has 6 rings (SSSR count). The molecule has 43 heavy (non-hydrogen) atoms. The first-order valence-corrected chi connectivity index (χ1v) is 16.8. The largest absolute Gasteiger partial charge is 0.356 e. The van der Waals surface area contributed by atoms with Gasteiger partial charge in [-0.15, -0.1) is 0 Å². The molecule has 0 spiro atoms. The number of hydrogen-bond donors (Lipinski definition) is 1. The van der Waals surface area contributed by atoms with Crippen molar-refractivity contribution in [2.24, 2.45) is 17.1 Å². The number of piperidine rings is 1. The fourth-order valence-corrected chi connectivity index (χ4v) is 8.33. The van der Waals surface area contributed by atoms with Crippen LogP contribution in [0.5, 0.6) is 0 Å². The number of anilines is 1. The molecule has 0 unspecified atom stereocenters. The number of nitrogens with two attached hydrogens (primary N) is 1. The standard InChI is InChI=1S/C35H47ClN6O/c36-29-13-11-27(12-14-29)23-33(42(31-9-5-2-6-10-31)32-17-15-30(37)16-18-32)34(43)40-21-19-35(20-22-40,24-41-26-38-25-39-41)28-7-3-1-4-8-28/h2,5-6,9-14,25-26,28,30,32-33H,1,3-4,7-8,15-24,37H2/t30?,32?,33-/m1/s1. The fraction of sp³-hybridized carbons (Fsp3) is 0.571. The Morgan fingerprint density at radius 3 is 2.30 bits per heavy atom. The average molecular weight is 603 g/mol. The normalized spacial score (nSPS) is 23.5. The number of carbonyl (C=O) groups excluding carboxylic acids is 1. The van der Waals surface area contributed by atoms with E-state index in [-0.39, 0.29) is 29.4 Å². The molecule has 0 radical (unpaired) electrons. The molecule has 1 atom stereocenters. The van der Waals surface area contributed by atoms with Crippen molar-refractivity contribution in [2.45, 2.75) is 102 Å². The minimum atomic E-state index is -0.291. The highest BCUT2D eigenvalue weighted by Crippen LogP contribution is 2.47. The van der Waals surface area contributed by atoms with Crippen LogP contribution in [0, 0.1) is 11.3 Å². The number of halogens is 1. The highest BCUT2D eigenvalue weighted by atomic mass is 35.5. The first-order chi connectivity index (χ1) is 21.0. The summed E-state index contributed by atoms with van der Waals surface area (Å²) in [5.74, 6) is 0.923. The maximum absolute atomic E-state index is 14.8. The number of aromatic nitrogens is 3. The predicted molar refractivity (Wildman–Crippen MR) is 173 cm³/mol. The monoisotopic (exact) mass is 602 g/mol. The van der Waals surface area contributed by atoms with Crippen LogP contribution in [0.4, 0.5) is 5.69 Å². The van der Waals surface area contributed by atoms with Crippen molar-refractivity contribution in [3.8, 4) is 0 Å². The van der Waals surface area contributed by atoms with Crippen molar-refractivity contribution < 1.29 is 4.79 Å². The summed E-state index contributed by atoms with van der Waals surface area (Å²) in [4.78, 5) is 23.7. The highest BCUT2D eigenvalue weighted by molar-refractivity contribution is 6.30. The molecule has 2 N–H and O–H groups in total. The van der Waals surface area contributed by atoms with E-state index in [2.05, 4.69) is 62.3 Å². The number of amides is 1. The van der Waals surface area contributed by atoms with Crippen LogP contribution in [-0.4, -0.2) is 56.8 Å². The number of benzene rings is 2. The highest BCUT2D eigenvalue weighted by Gasteiger charge is 2.45. The number of carbonyl (C=O) groups is 1. The smallest absolute Gasteiger partial charge is 0.245 e. The molecule has 2 aliphatic carbocycles. The number of hydrogen-bond acceptors (Lipinski definition) is 5. The van der Waals surface area contributed by atoms with Gasteiger partial charge < -0.3 is 15.5 Å². The molecule has 1 aromatic heterocycles. The summed E-state index contributed by atoms with van der Waals surface area (Å²) in [6.07, 6.45) is 16.7. The third kappa shape index (κ3) is 7.09. The van der Waals surface area contributed by atoms with Gasteiger partial charge in [-0.2, -0.15) is 5.10 Å². The summed E-state index contributed by atoms with van der Waals surface area (Å²) in [5.41, 5.74) is 8.76. The zero-order valence-electron chi connectivity index (χ0n) is 25.4. The Bertz CT molecular complexity index is 1280. The molecule has 230 valence electrons. The van der Waals surface area contributed by atoms with E-state index in [9.17, 15) is 4.79 Å². The lowest BCUT2D eigenvalue weighted by Gasteiger charge is -2.49. The van der Waals surface area contributed by atoms with E-state index in [1.807, 2.05) is 23.1 Å². The zero-order valence-corrected chi connectivity index (χ0v) is 26.1. The van der Waals surface area contributed by atoms with Crippen LogP contribution in [0.2, 0.25) is 5.02 Å². The lowest BCUT2D eigenvalue weighted by atomic mass is 9.63. The van der Waals surface area contributed by atoms with Gasteiger partial charge in [0.1, 0.15) is 18.7 Å². The van der Waals surface area contributed by atoms with Gasteiger partial charge in [-0.1, -0.05) is 61.2 Å². The van der Waals surface area contributed by atoms with Crippen LogP contribution in [-0.2, 0) is 17.8 Å². The number of para-hydroxylation sites is 1. The molecular formula is C35H47ClN6O. The summed E-state index contributed by atoms with van der Waals surface area (Å²) >= 11 is 6.26. The van der Waals surface area contributed by atoms with E-state index in [4.69, 9.17) is 17.3 Å². The fourth-order valence-electron chi connectivity index (χ4n) is 8.20. The van der Waals surface area contributed by atoms with E-state index in [0.29, 0.717) is 12.3 Å². The van der Waals surface area contributed by atoms with Crippen molar-refractivity contribution in [3.05, 3.63) is 77.8 Å². The van der Waals surface area contributed by atoms with Crippen molar-refractivity contribution in [3.63, 3.8) is 0 Å². The van der Waals surface area contributed by atoms with E-state index in [0.717, 1.165) is 74.4 Å².